The van der Waals surface area contributed by atoms with Crippen molar-refractivity contribution < 1.29 is 24.1 Å². The second-order valence-electron chi connectivity index (χ2n) is 2.92. The van der Waals surface area contributed by atoms with E-state index in [-0.39, 0.29) is 12.2 Å². The first-order chi connectivity index (χ1) is 6.24. The predicted molar refractivity (Wildman–Crippen MR) is 44.3 cm³/mol. The Morgan fingerprint density at radius 3 is 2.23 bits per heavy atom. The van der Waals surface area contributed by atoms with Gasteiger partial charge in [0.25, 0.3) is 0 Å². The van der Waals surface area contributed by atoms with Crippen LogP contribution in [0.5, 0.6) is 0 Å². The van der Waals surface area contributed by atoms with Gasteiger partial charge in [-0.1, -0.05) is 0 Å². The number of aliphatic hydroxyl groups excluding tert-OH is 1. The van der Waals surface area contributed by atoms with Crippen LogP contribution in [0.3, 0.4) is 0 Å². The van der Waals surface area contributed by atoms with E-state index in [4.69, 9.17) is 18.9 Å². The van der Waals surface area contributed by atoms with E-state index >= 15 is 0 Å². The van der Waals surface area contributed by atoms with Crippen LogP contribution in [-0.2, 0) is 18.9 Å². The normalized spacial score (nSPS) is 39.7. The van der Waals surface area contributed by atoms with Crippen molar-refractivity contribution in [3.05, 3.63) is 0 Å². The van der Waals surface area contributed by atoms with E-state index in [2.05, 4.69) is 0 Å². The smallest absolute Gasteiger partial charge is 0.184 e. The molecule has 1 N–H and O–H groups in total. The number of aliphatic hydroxyl groups is 1. The largest absolute Gasteiger partial charge is 0.382 e. The van der Waals surface area contributed by atoms with E-state index in [1.54, 1.807) is 14.2 Å². The molecule has 0 aromatic carbocycles. The monoisotopic (exact) mass is 192 g/mol. The molecule has 1 unspecified atom stereocenters. The van der Waals surface area contributed by atoms with Gasteiger partial charge >= 0.3 is 0 Å². The second kappa shape index (κ2) is 4.88. The highest BCUT2D eigenvalue weighted by atomic mass is 16.7. The van der Waals surface area contributed by atoms with Gasteiger partial charge in [0.15, 0.2) is 6.29 Å². The van der Waals surface area contributed by atoms with Crippen molar-refractivity contribution in [3.63, 3.8) is 0 Å². The van der Waals surface area contributed by atoms with E-state index in [0.717, 1.165) is 0 Å². The van der Waals surface area contributed by atoms with E-state index in [1.807, 2.05) is 0 Å². The van der Waals surface area contributed by atoms with E-state index in [1.165, 1.54) is 7.11 Å². The molecule has 0 radical (unpaired) electrons. The summed E-state index contributed by atoms with van der Waals surface area (Å²) in [6.07, 6.45) is -1.92. The van der Waals surface area contributed by atoms with Gasteiger partial charge < -0.3 is 24.1 Å². The first-order valence-corrected chi connectivity index (χ1v) is 4.12. The third-order valence-electron chi connectivity index (χ3n) is 2.16. The zero-order valence-corrected chi connectivity index (χ0v) is 8.10. The number of ether oxygens (including phenoxy) is 4. The van der Waals surface area contributed by atoms with Gasteiger partial charge in [-0.15, -0.1) is 0 Å². The Morgan fingerprint density at radius 1 is 1.15 bits per heavy atom. The van der Waals surface area contributed by atoms with Crippen LogP contribution in [0.2, 0.25) is 0 Å². The van der Waals surface area contributed by atoms with Crippen LogP contribution in [0.1, 0.15) is 0 Å². The van der Waals surface area contributed by atoms with Crippen molar-refractivity contribution >= 4 is 0 Å². The van der Waals surface area contributed by atoms with Crippen molar-refractivity contribution in [3.8, 4) is 0 Å². The molecule has 0 saturated carbocycles. The SMILES string of the molecule is COC[C@H]1O[C@@H](O)[C@@H](OC)C1OC. The molecule has 5 heteroatoms. The number of hydrogen-bond acceptors (Lipinski definition) is 5. The Kier molecular flexibility index (Phi) is 4.08. The molecule has 1 aliphatic rings. The van der Waals surface area contributed by atoms with Crippen LogP contribution in [0.4, 0.5) is 0 Å². The van der Waals surface area contributed by atoms with Crippen molar-refractivity contribution in [2.75, 3.05) is 27.9 Å². The maximum atomic E-state index is 9.40. The van der Waals surface area contributed by atoms with Crippen LogP contribution < -0.4 is 0 Å². The highest BCUT2D eigenvalue weighted by Crippen LogP contribution is 2.24. The average Bonchev–Trinajstić information content (AvgIpc) is 2.41. The Balaban J connectivity index is 2.57. The molecule has 1 aliphatic heterocycles. The minimum absolute atomic E-state index is 0.269. The molecule has 0 aromatic heterocycles. The van der Waals surface area contributed by atoms with Crippen LogP contribution in [0.25, 0.3) is 0 Å². The first-order valence-electron chi connectivity index (χ1n) is 4.12. The summed E-state index contributed by atoms with van der Waals surface area (Å²) in [6, 6.07) is 0. The molecule has 1 fully saturated rings. The highest BCUT2D eigenvalue weighted by molar-refractivity contribution is 4.88. The van der Waals surface area contributed by atoms with Gasteiger partial charge in [-0.05, 0) is 0 Å². The lowest BCUT2D eigenvalue weighted by atomic mass is 10.1. The van der Waals surface area contributed by atoms with E-state index in [0.29, 0.717) is 6.61 Å². The summed E-state index contributed by atoms with van der Waals surface area (Å²) in [7, 11) is 4.64. The molecular formula is C8H16O5. The van der Waals surface area contributed by atoms with Gasteiger partial charge in [0.1, 0.15) is 18.3 Å². The number of rotatable bonds is 4. The number of hydrogen-bond donors (Lipinski definition) is 1. The fraction of sp³-hybridized carbons (Fsp3) is 1.00. The lowest BCUT2D eigenvalue weighted by Gasteiger charge is -2.19. The predicted octanol–water partition coefficient (Wildman–Crippen LogP) is -0.620. The minimum atomic E-state index is -0.935. The molecule has 0 amide bonds. The molecule has 13 heavy (non-hydrogen) atoms. The summed E-state index contributed by atoms with van der Waals surface area (Å²) in [5.74, 6) is 0. The summed E-state index contributed by atoms with van der Waals surface area (Å²) in [6.45, 7) is 0.384. The Labute approximate surface area is 77.5 Å². The fourth-order valence-electron chi connectivity index (χ4n) is 1.54. The lowest BCUT2D eigenvalue weighted by Crippen LogP contribution is -2.37. The molecular weight excluding hydrogens is 176 g/mol. The van der Waals surface area contributed by atoms with Gasteiger partial charge in [-0.25, -0.2) is 0 Å². The third-order valence-corrected chi connectivity index (χ3v) is 2.16. The molecule has 1 heterocycles. The fourth-order valence-corrected chi connectivity index (χ4v) is 1.54. The molecule has 0 spiro atoms. The summed E-state index contributed by atoms with van der Waals surface area (Å²) >= 11 is 0. The minimum Gasteiger partial charge on any atom is -0.382 e. The quantitative estimate of drug-likeness (QED) is 0.643. The molecule has 0 aromatic rings. The highest BCUT2D eigenvalue weighted by Gasteiger charge is 2.44. The molecule has 0 aliphatic carbocycles. The maximum absolute atomic E-state index is 9.40. The van der Waals surface area contributed by atoms with Gasteiger partial charge in [-0.3, -0.25) is 0 Å². The summed E-state index contributed by atoms with van der Waals surface area (Å²) in [5.41, 5.74) is 0. The molecule has 78 valence electrons. The van der Waals surface area contributed by atoms with Gasteiger partial charge in [0, 0.05) is 21.3 Å². The average molecular weight is 192 g/mol. The maximum Gasteiger partial charge on any atom is 0.184 e. The molecule has 1 saturated heterocycles. The molecule has 0 bridgehead atoms. The van der Waals surface area contributed by atoms with Crippen molar-refractivity contribution in [2.24, 2.45) is 0 Å². The van der Waals surface area contributed by atoms with Gasteiger partial charge in [0.05, 0.1) is 6.61 Å². The third kappa shape index (κ3) is 2.18. The molecule has 1 rings (SSSR count). The summed E-state index contributed by atoms with van der Waals surface area (Å²) in [4.78, 5) is 0. The zero-order valence-electron chi connectivity index (χ0n) is 8.10. The Bertz CT molecular complexity index is 151. The summed E-state index contributed by atoms with van der Waals surface area (Å²) in [5, 5.41) is 9.40. The van der Waals surface area contributed by atoms with Crippen molar-refractivity contribution in [2.45, 2.75) is 24.6 Å². The topological polar surface area (TPSA) is 57.2 Å². The molecule has 4 atom stereocenters. The Morgan fingerprint density at radius 2 is 1.77 bits per heavy atom. The first kappa shape index (κ1) is 10.9. The summed E-state index contributed by atoms with van der Waals surface area (Å²) < 4.78 is 20.3. The van der Waals surface area contributed by atoms with Crippen LogP contribution in [0, 0.1) is 0 Å². The second-order valence-corrected chi connectivity index (χ2v) is 2.92. The van der Waals surface area contributed by atoms with Crippen molar-refractivity contribution in [1.82, 2.24) is 0 Å². The van der Waals surface area contributed by atoms with Crippen LogP contribution in [-0.4, -0.2) is 57.6 Å². The van der Waals surface area contributed by atoms with Gasteiger partial charge in [0.2, 0.25) is 0 Å². The van der Waals surface area contributed by atoms with Crippen LogP contribution in [0.15, 0.2) is 0 Å². The Hall–Kier alpha value is -0.200. The van der Waals surface area contributed by atoms with E-state index < -0.39 is 12.4 Å². The van der Waals surface area contributed by atoms with Gasteiger partial charge in [-0.2, -0.15) is 0 Å². The number of methoxy groups -OCH3 is 3. The zero-order chi connectivity index (χ0) is 9.84. The van der Waals surface area contributed by atoms with E-state index in [9.17, 15) is 5.11 Å². The van der Waals surface area contributed by atoms with Crippen LogP contribution >= 0.6 is 0 Å². The lowest BCUT2D eigenvalue weighted by molar-refractivity contribution is -0.141. The standard InChI is InChI=1S/C8H16O5/c1-10-4-5-6(11-2)7(12-3)8(9)13-5/h5-9H,4H2,1-3H3/t5-,6?,7+,8-/m1/s1. The molecule has 5 nitrogen and oxygen atoms in total. The van der Waals surface area contributed by atoms with Crippen molar-refractivity contribution in [1.29, 1.82) is 0 Å².